The summed E-state index contributed by atoms with van der Waals surface area (Å²) in [4.78, 5) is 13.2. The minimum absolute atomic E-state index is 0.144. The molecular formula is C21H19ClN2O3S2. The summed E-state index contributed by atoms with van der Waals surface area (Å²) in [7, 11) is -3.63. The molecule has 2 N–H and O–H groups in total. The van der Waals surface area contributed by atoms with Crippen LogP contribution in [0.25, 0.3) is 0 Å². The monoisotopic (exact) mass is 446 g/mol. The number of rotatable bonds is 7. The van der Waals surface area contributed by atoms with Crippen LogP contribution in [0.4, 0.5) is 11.4 Å². The normalized spacial score (nSPS) is 11.1. The maximum atomic E-state index is 12.3. The van der Waals surface area contributed by atoms with Crippen LogP contribution < -0.4 is 10.0 Å². The van der Waals surface area contributed by atoms with E-state index in [1.807, 2.05) is 13.0 Å². The maximum Gasteiger partial charge on any atom is 0.261 e. The Morgan fingerprint density at radius 3 is 2.38 bits per heavy atom. The van der Waals surface area contributed by atoms with Gasteiger partial charge in [-0.05, 0) is 61.0 Å². The molecule has 0 bridgehead atoms. The molecule has 0 spiro atoms. The molecular weight excluding hydrogens is 428 g/mol. The average molecular weight is 447 g/mol. The van der Waals surface area contributed by atoms with Crippen molar-refractivity contribution in [3.63, 3.8) is 0 Å². The highest BCUT2D eigenvalue weighted by Gasteiger charge is 2.13. The fourth-order valence-corrected chi connectivity index (χ4v) is 4.45. The van der Waals surface area contributed by atoms with Crippen molar-refractivity contribution in [3.8, 4) is 0 Å². The van der Waals surface area contributed by atoms with E-state index in [0.29, 0.717) is 16.4 Å². The number of anilines is 2. The van der Waals surface area contributed by atoms with Gasteiger partial charge < -0.3 is 5.32 Å². The van der Waals surface area contributed by atoms with Crippen molar-refractivity contribution in [1.29, 1.82) is 0 Å². The Balaban J connectivity index is 1.57. The van der Waals surface area contributed by atoms with Crippen LogP contribution in [-0.4, -0.2) is 20.1 Å². The molecule has 29 heavy (non-hydrogen) atoms. The summed E-state index contributed by atoms with van der Waals surface area (Å²) in [5.74, 6) is 0.0790. The van der Waals surface area contributed by atoms with Gasteiger partial charge in [0.15, 0.2) is 0 Å². The zero-order valence-electron chi connectivity index (χ0n) is 15.6. The summed E-state index contributed by atoms with van der Waals surface area (Å²) in [5, 5.41) is 3.41. The zero-order valence-corrected chi connectivity index (χ0v) is 17.9. The third-order valence-electron chi connectivity index (χ3n) is 4.00. The lowest BCUT2D eigenvalue weighted by Crippen LogP contribution is -2.14. The van der Waals surface area contributed by atoms with Crippen LogP contribution in [0.1, 0.15) is 5.56 Å². The van der Waals surface area contributed by atoms with E-state index in [1.54, 1.807) is 54.6 Å². The molecule has 5 nitrogen and oxygen atoms in total. The lowest BCUT2D eigenvalue weighted by molar-refractivity contribution is -0.113. The number of hydrogen-bond donors (Lipinski definition) is 2. The molecule has 0 heterocycles. The topological polar surface area (TPSA) is 75.3 Å². The molecule has 0 aliphatic rings. The van der Waals surface area contributed by atoms with Crippen molar-refractivity contribution >= 4 is 50.7 Å². The van der Waals surface area contributed by atoms with E-state index in [0.717, 1.165) is 10.5 Å². The summed E-state index contributed by atoms with van der Waals surface area (Å²) < 4.78 is 27.2. The standard InChI is InChI=1S/C21H19ClN2O3S2/c1-15-7-8-16(22)13-20(15)23-21(25)14-28-18-11-9-17(10-12-18)24-29(26,27)19-5-3-2-4-6-19/h2-13,24H,14H2,1H3,(H,23,25). The van der Waals surface area contributed by atoms with Gasteiger partial charge in [0.2, 0.25) is 5.91 Å². The maximum absolute atomic E-state index is 12.3. The Morgan fingerprint density at radius 1 is 1.00 bits per heavy atom. The first kappa shape index (κ1) is 21.2. The van der Waals surface area contributed by atoms with Crippen molar-refractivity contribution < 1.29 is 13.2 Å². The number of halogens is 1. The van der Waals surface area contributed by atoms with Gasteiger partial charge >= 0.3 is 0 Å². The molecule has 0 aliphatic carbocycles. The molecule has 3 aromatic carbocycles. The lowest BCUT2D eigenvalue weighted by atomic mass is 10.2. The molecule has 0 saturated carbocycles. The lowest BCUT2D eigenvalue weighted by Gasteiger charge is -2.10. The first-order chi connectivity index (χ1) is 13.8. The Morgan fingerprint density at radius 2 is 1.69 bits per heavy atom. The van der Waals surface area contributed by atoms with E-state index in [4.69, 9.17) is 11.6 Å². The molecule has 0 unspecified atom stereocenters. The number of thioether (sulfide) groups is 1. The molecule has 1 amide bonds. The second-order valence-corrected chi connectivity index (χ2v) is 9.41. The van der Waals surface area contributed by atoms with E-state index >= 15 is 0 Å². The minimum Gasteiger partial charge on any atom is -0.325 e. The summed E-state index contributed by atoms with van der Waals surface area (Å²) in [6.07, 6.45) is 0. The Hall–Kier alpha value is -2.48. The molecule has 8 heteroatoms. The molecule has 150 valence electrons. The van der Waals surface area contributed by atoms with Gasteiger partial charge in [-0.15, -0.1) is 11.8 Å². The van der Waals surface area contributed by atoms with Gasteiger partial charge in [-0.25, -0.2) is 8.42 Å². The summed E-state index contributed by atoms with van der Waals surface area (Å²) in [5.41, 5.74) is 2.08. The highest BCUT2D eigenvalue weighted by Crippen LogP contribution is 2.24. The number of benzene rings is 3. The molecule has 3 rings (SSSR count). The third kappa shape index (κ3) is 6.00. The van der Waals surface area contributed by atoms with Gasteiger partial charge in [-0.3, -0.25) is 9.52 Å². The van der Waals surface area contributed by atoms with Gasteiger partial charge in [0.05, 0.1) is 10.6 Å². The second kappa shape index (κ2) is 9.35. The van der Waals surface area contributed by atoms with Crippen LogP contribution in [0.2, 0.25) is 5.02 Å². The van der Waals surface area contributed by atoms with Gasteiger partial charge in [-0.1, -0.05) is 35.9 Å². The van der Waals surface area contributed by atoms with E-state index in [2.05, 4.69) is 10.0 Å². The molecule has 3 aromatic rings. The zero-order chi connectivity index (χ0) is 20.9. The van der Waals surface area contributed by atoms with Crippen molar-refractivity contribution in [3.05, 3.63) is 83.4 Å². The third-order valence-corrected chi connectivity index (χ3v) is 6.65. The summed E-state index contributed by atoms with van der Waals surface area (Å²) in [6, 6.07) is 20.4. The number of carbonyl (C=O) groups is 1. The average Bonchev–Trinajstić information content (AvgIpc) is 2.71. The SMILES string of the molecule is Cc1ccc(Cl)cc1NC(=O)CSc1ccc(NS(=O)(=O)c2ccccc2)cc1. The van der Waals surface area contributed by atoms with E-state index in [9.17, 15) is 13.2 Å². The fraction of sp³-hybridized carbons (Fsp3) is 0.0952. The highest BCUT2D eigenvalue weighted by molar-refractivity contribution is 8.00. The Bertz CT molecular complexity index is 1100. The Labute approximate surface area is 179 Å². The van der Waals surface area contributed by atoms with Gasteiger partial charge in [0, 0.05) is 21.3 Å². The van der Waals surface area contributed by atoms with Crippen molar-refractivity contribution in [2.24, 2.45) is 0 Å². The van der Waals surface area contributed by atoms with Crippen LogP contribution in [-0.2, 0) is 14.8 Å². The smallest absolute Gasteiger partial charge is 0.261 e. The second-order valence-electron chi connectivity index (χ2n) is 6.24. The number of carbonyl (C=O) groups excluding carboxylic acids is 1. The van der Waals surface area contributed by atoms with E-state index < -0.39 is 10.0 Å². The molecule has 0 fully saturated rings. The van der Waals surface area contributed by atoms with Crippen molar-refractivity contribution in [2.75, 3.05) is 15.8 Å². The van der Waals surface area contributed by atoms with Crippen molar-refractivity contribution in [2.45, 2.75) is 16.7 Å². The first-order valence-electron chi connectivity index (χ1n) is 8.70. The first-order valence-corrected chi connectivity index (χ1v) is 11.5. The van der Waals surface area contributed by atoms with Crippen molar-refractivity contribution in [1.82, 2.24) is 0 Å². The molecule has 0 aromatic heterocycles. The summed E-state index contributed by atoms with van der Waals surface area (Å²) >= 11 is 7.33. The summed E-state index contributed by atoms with van der Waals surface area (Å²) in [6.45, 7) is 1.90. The molecule has 0 aliphatic heterocycles. The van der Waals surface area contributed by atoms with Crippen LogP contribution in [0.5, 0.6) is 0 Å². The quantitative estimate of drug-likeness (QED) is 0.490. The van der Waals surface area contributed by atoms with Gasteiger partial charge in [-0.2, -0.15) is 0 Å². The molecule has 0 atom stereocenters. The largest absolute Gasteiger partial charge is 0.325 e. The van der Waals surface area contributed by atoms with Crippen LogP contribution in [0.15, 0.2) is 82.6 Å². The van der Waals surface area contributed by atoms with Crippen LogP contribution in [0.3, 0.4) is 0 Å². The van der Waals surface area contributed by atoms with Crippen LogP contribution >= 0.6 is 23.4 Å². The number of nitrogens with one attached hydrogen (secondary N) is 2. The number of amides is 1. The van der Waals surface area contributed by atoms with Crippen LogP contribution in [0, 0.1) is 6.92 Å². The fourth-order valence-electron chi connectivity index (χ4n) is 2.50. The predicted octanol–water partition coefficient (Wildman–Crippen LogP) is 5.18. The minimum atomic E-state index is -3.63. The van der Waals surface area contributed by atoms with E-state index in [-0.39, 0.29) is 16.6 Å². The number of hydrogen-bond acceptors (Lipinski definition) is 4. The highest BCUT2D eigenvalue weighted by atomic mass is 35.5. The Kier molecular flexibility index (Phi) is 6.84. The molecule has 0 saturated heterocycles. The van der Waals surface area contributed by atoms with E-state index in [1.165, 1.54) is 23.9 Å². The predicted molar refractivity (Wildman–Crippen MR) is 119 cm³/mol. The number of sulfonamides is 1. The number of aryl methyl sites for hydroxylation is 1. The van der Waals surface area contributed by atoms with Gasteiger partial charge in [0.25, 0.3) is 10.0 Å². The molecule has 0 radical (unpaired) electrons. The van der Waals surface area contributed by atoms with Gasteiger partial charge in [0.1, 0.15) is 0 Å².